The van der Waals surface area contributed by atoms with Crippen LogP contribution in [0.1, 0.15) is 25.7 Å². The molecule has 2 unspecified atom stereocenters. The summed E-state index contributed by atoms with van der Waals surface area (Å²) in [6, 6.07) is 0. The number of fused-ring (bicyclic) bond motifs is 1. The molecule has 0 saturated heterocycles. The molecule has 1 nitrogen and oxygen atoms in total. The predicted octanol–water partition coefficient (Wildman–Crippen LogP) is 3.18. The van der Waals surface area contributed by atoms with Crippen LogP contribution in [-0.2, 0) is 4.79 Å². The molecule has 0 spiro atoms. The van der Waals surface area contributed by atoms with E-state index in [0.717, 1.165) is 6.42 Å². The molecule has 0 heterocycles. The highest BCUT2D eigenvalue weighted by Gasteiger charge is 2.41. The Bertz CT molecular complexity index is 285. The molecule has 0 aromatic heterocycles. The van der Waals surface area contributed by atoms with Crippen molar-refractivity contribution in [1.29, 1.82) is 0 Å². The van der Waals surface area contributed by atoms with Crippen molar-refractivity contribution in [1.82, 2.24) is 0 Å². The first kappa shape index (κ1) is 10.2. The van der Waals surface area contributed by atoms with Gasteiger partial charge in [0, 0.05) is 5.92 Å². The fourth-order valence-electron chi connectivity index (χ4n) is 2.80. The van der Waals surface area contributed by atoms with Gasteiger partial charge in [-0.05, 0) is 24.0 Å². The molecule has 2 aliphatic rings. The van der Waals surface area contributed by atoms with E-state index in [9.17, 15) is 4.79 Å². The summed E-state index contributed by atoms with van der Waals surface area (Å²) in [6.45, 7) is 6.86. The molecular formula is C12H20OSi. The van der Waals surface area contributed by atoms with Gasteiger partial charge < -0.3 is 0 Å². The van der Waals surface area contributed by atoms with E-state index >= 15 is 0 Å². The molecule has 0 radical (unpaired) electrons. The van der Waals surface area contributed by atoms with Crippen LogP contribution < -0.4 is 0 Å². The van der Waals surface area contributed by atoms with Gasteiger partial charge in [0.25, 0.3) is 0 Å². The Labute approximate surface area is 87.6 Å². The molecule has 14 heavy (non-hydrogen) atoms. The molecular weight excluding hydrogens is 188 g/mol. The van der Waals surface area contributed by atoms with Crippen molar-refractivity contribution in [3.8, 4) is 0 Å². The van der Waals surface area contributed by atoms with Crippen LogP contribution in [0.3, 0.4) is 0 Å². The molecule has 0 bridgehead atoms. The topological polar surface area (TPSA) is 17.1 Å². The summed E-state index contributed by atoms with van der Waals surface area (Å²) in [4.78, 5) is 12.2. The molecule has 2 heteroatoms. The minimum Gasteiger partial charge on any atom is -0.295 e. The van der Waals surface area contributed by atoms with E-state index in [2.05, 4.69) is 25.7 Å². The monoisotopic (exact) mass is 208 g/mol. The van der Waals surface area contributed by atoms with Crippen molar-refractivity contribution in [3.63, 3.8) is 0 Å². The van der Waals surface area contributed by atoms with Gasteiger partial charge in [-0.1, -0.05) is 38.6 Å². The zero-order chi connectivity index (χ0) is 10.3. The summed E-state index contributed by atoms with van der Waals surface area (Å²) >= 11 is 0. The number of hydrogen-bond acceptors (Lipinski definition) is 1. The van der Waals surface area contributed by atoms with E-state index in [1.54, 1.807) is 0 Å². The van der Waals surface area contributed by atoms with Crippen LogP contribution in [0.4, 0.5) is 0 Å². The van der Waals surface area contributed by atoms with Crippen molar-refractivity contribution >= 4 is 13.9 Å². The van der Waals surface area contributed by atoms with E-state index in [-0.39, 0.29) is 0 Å². The zero-order valence-electron chi connectivity index (χ0n) is 9.47. The number of Topliss-reactive ketones (excluding diaryl/α,β-unsaturated/α-hetero) is 1. The minimum atomic E-state index is -1.36. The fraction of sp³-hybridized carbons (Fsp3) is 0.750. The molecule has 2 rings (SSSR count). The van der Waals surface area contributed by atoms with E-state index in [4.69, 9.17) is 0 Å². The smallest absolute Gasteiger partial charge is 0.158 e. The SMILES string of the molecule is C[Si](C)(C)C1=CC2CCCCC2C1=O. The maximum atomic E-state index is 12.2. The lowest BCUT2D eigenvalue weighted by atomic mass is 9.81. The summed E-state index contributed by atoms with van der Waals surface area (Å²) in [7, 11) is -1.36. The third kappa shape index (κ3) is 1.60. The van der Waals surface area contributed by atoms with Gasteiger partial charge in [0.1, 0.15) is 0 Å². The summed E-state index contributed by atoms with van der Waals surface area (Å²) in [5, 5.41) is 1.23. The van der Waals surface area contributed by atoms with Crippen LogP contribution in [0.15, 0.2) is 11.3 Å². The van der Waals surface area contributed by atoms with Crippen molar-refractivity contribution in [2.24, 2.45) is 11.8 Å². The largest absolute Gasteiger partial charge is 0.295 e. The second-order valence-corrected chi connectivity index (χ2v) is 10.8. The highest BCUT2D eigenvalue weighted by atomic mass is 28.3. The molecule has 0 aliphatic heterocycles. The van der Waals surface area contributed by atoms with Crippen molar-refractivity contribution in [3.05, 3.63) is 11.3 Å². The average molecular weight is 208 g/mol. The van der Waals surface area contributed by atoms with Crippen molar-refractivity contribution < 1.29 is 4.79 Å². The Morgan fingerprint density at radius 2 is 1.86 bits per heavy atom. The van der Waals surface area contributed by atoms with E-state index < -0.39 is 8.07 Å². The van der Waals surface area contributed by atoms with Gasteiger partial charge in [-0.25, -0.2) is 0 Å². The molecule has 1 fully saturated rings. The average Bonchev–Trinajstić information content (AvgIpc) is 2.44. The molecule has 1 saturated carbocycles. The van der Waals surface area contributed by atoms with Gasteiger partial charge in [0.05, 0.1) is 8.07 Å². The lowest BCUT2D eigenvalue weighted by Crippen LogP contribution is -2.30. The van der Waals surface area contributed by atoms with Crippen molar-refractivity contribution in [2.75, 3.05) is 0 Å². The van der Waals surface area contributed by atoms with E-state index in [1.165, 1.54) is 24.5 Å². The maximum absolute atomic E-state index is 12.2. The fourth-order valence-corrected chi connectivity index (χ4v) is 4.44. The summed E-state index contributed by atoms with van der Waals surface area (Å²) < 4.78 is 0. The summed E-state index contributed by atoms with van der Waals surface area (Å²) in [5.74, 6) is 1.50. The molecule has 2 atom stereocenters. The first-order valence-corrected chi connectivity index (χ1v) is 9.26. The number of rotatable bonds is 1. The van der Waals surface area contributed by atoms with Gasteiger partial charge in [-0.2, -0.15) is 0 Å². The quantitative estimate of drug-likeness (QED) is 0.605. The number of ketones is 1. The number of carbonyl (C=O) groups is 1. The van der Waals surface area contributed by atoms with Crippen LogP contribution in [0.5, 0.6) is 0 Å². The van der Waals surface area contributed by atoms with Crippen LogP contribution >= 0.6 is 0 Å². The second-order valence-electron chi connectivity index (χ2n) is 5.75. The van der Waals surface area contributed by atoms with Crippen LogP contribution in [-0.4, -0.2) is 13.9 Å². The Morgan fingerprint density at radius 3 is 2.43 bits per heavy atom. The lowest BCUT2D eigenvalue weighted by molar-refractivity contribution is -0.119. The van der Waals surface area contributed by atoms with Crippen LogP contribution in [0.2, 0.25) is 19.6 Å². The second kappa shape index (κ2) is 3.33. The van der Waals surface area contributed by atoms with Crippen molar-refractivity contribution in [2.45, 2.75) is 45.3 Å². The normalized spacial score (nSPS) is 32.8. The molecule has 0 amide bonds. The van der Waals surface area contributed by atoms with Crippen LogP contribution in [0.25, 0.3) is 0 Å². The van der Waals surface area contributed by atoms with Gasteiger partial charge in [0.15, 0.2) is 5.78 Å². The maximum Gasteiger partial charge on any atom is 0.158 e. The zero-order valence-corrected chi connectivity index (χ0v) is 10.5. The number of carbonyl (C=O) groups excluding carboxylic acids is 1. The minimum absolute atomic E-state index is 0.380. The first-order chi connectivity index (χ1) is 6.50. The molecule has 2 aliphatic carbocycles. The standard InChI is InChI=1S/C12H20OSi/c1-14(2,3)11-8-9-6-4-5-7-10(9)12(11)13/h8-10H,4-7H2,1-3H3. The van der Waals surface area contributed by atoms with E-state index in [0.29, 0.717) is 17.6 Å². The van der Waals surface area contributed by atoms with Gasteiger partial charge in [-0.3, -0.25) is 4.79 Å². The van der Waals surface area contributed by atoms with E-state index in [1.807, 2.05) is 0 Å². The third-order valence-corrected chi connectivity index (χ3v) is 5.64. The summed E-state index contributed by atoms with van der Waals surface area (Å²) in [5.41, 5.74) is 0. The highest BCUT2D eigenvalue weighted by Crippen LogP contribution is 2.41. The third-order valence-electron chi connectivity index (χ3n) is 3.61. The lowest BCUT2D eigenvalue weighted by Gasteiger charge is -2.23. The van der Waals surface area contributed by atoms with Gasteiger partial charge in [-0.15, -0.1) is 0 Å². The Balaban J connectivity index is 2.25. The molecule has 0 aromatic carbocycles. The number of hydrogen-bond donors (Lipinski definition) is 0. The number of allylic oxidation sites excluding steroid dienone is 2. The highest BCUT2D eigenvalue weighted by molar-refractivity contribution is 6.87. The Morgan fingerprint density at radius 1 is 1.21 bits per heavy atom. The first-order valence-electron chi connectivity index (χ1n) is 5.76. The molecule has 0 aromatic rings. The Hall–Kier alpha value is -0.373. The predicted molar refractivity (Wildman–Crippen MR) is 61.9 cm³/mol. The molecule has 0 N–H and O–H groups in total. The Kier molecular flexibility index (Phi) is 2.42. The van der Waals surface area contributed by atoms with Gasteiger partial charge in [0.2, 0.25) is 0 Å². The van der Waals surface area contributed by atoms with Gasteiger partial charge >= 0.3 is 0 Å². The van der Waals surface area contributed by atoms with Crippen LogP contribution in [0, 0.1) is 11.8 Å². The molecule has 78 valence electrons. The summed E-state index contributed by atoms with van der Waals surface area (Å²) in [6.07, 6.45) is 7.32.